The van der Waals surface area contributed by atoms with E-state index in [1.165, 1.54) is 11.8 Å². The molecule has 0 spiro atoms. The van der Waals surface area contributed by atoms with E-state index in [1.807, 2.05) is 42.5 Å². The molecule has 0 saturated heterocycles. The standard InChI is InChI=1S/C20H19N3O4S/c1-24-16-10-9-13(12-17(16)25-2)19-22-23-20(27-19)28-11-5-8-18-21-14-6-3-4-7-15(14)26-18/h3-4,6-7,9-10,12H,5,8,11H2,1-2H3. The SMILES string of the molecule is COc1ccc(-c2nnc(SCCCc3nc4ccccc4o3)o2)cc1OC. The van der Waals surface area contributed by atoms with Crippen LogP contribution < -0.4 is 9.47 Å². The van der Waals surface area contributed by atoms with E-state index in [0.29, 0.717) is 22.6 Å². The largest absolute Gasteiger partial charge is 0.493 e. The number of aromatic nitrogens is 3. The third-order valence-electron chi connectivity index (χ3n) is 4.14. The Bertz CT molecular complexity index is 1040. The van der Waals surface area contributed by atoms with Crippen molar-refractivity contribution >= 4 is 22.9 Å². The first kappa shape index (κ1) is 18.4. The van der Waals surface area contributed by atoms with Gasteiger partial charge in [0, 0.05) is 17.7 Å². The van der Waals surface area contributed by atoms with E-state index < -0.39 is 0 Å². The highest BCUT2D eigenvalue weighted by molar-refractivity contribution is 7.99. The minimum absolute atomic E-state index is 0.447. The zero-order valence-electron chi connectivity index (χ0n) is 15.5. The van der Waals surface area contributed by atoms with Crippen molar-refractivity contribution in [2.45, 2.75) is 18.1 Å². The quantitative estimate of drug-likeness (QED) is 0.315. The molecule has 0 bridgehead atoms. The summed E-state index contributed by atoms with van der Waals surface area (Å²) in [6, 6.07) is 13.3. The maximum atomic E-state index is 5.75. The van der Waals surface area contributed by atoms with Gasteiger partial charge in [-0.3, -0.25) is 0 Å². The maximum Gasteiger partial charge on any atom is 0.276 e. The number of aryl methyl sites for hydroxylation is 1. The van der Waals surface area contributed by atoms with E-state index >= 15 is 0 Å². The van der Waals surface area contributed by atoms with Crippen LogP contribution in [0.25, 0.3) is 22.6 Å². The molecule has 0 aliphatic heterocycles. The fourth-order valence-electron chi connectivity index (χ4n) is 2.76. The van der Waals surface area contributed by atoms with Crippen LogP contribution in [0.15, 0.2) is 56.5 Å². The number of oxazole rings is 1. The van der Waals surface area contributed by atoms with Crippen molar-refractivity contribution < 1.29 is 18.3 Å². The lowest BCUT2D eigenvalue weighted by atomic mass is 10.2. The second kappa shape index (κ2) is 8.35. The number of methoxy groups -OCH3 is 2. The maximum absolute atomic E-state index is 5.75. The highest BCUT2D eigenvalue weighted by Crippen LogP contribution is 2.32. The molecule has 2 heterocycles. The molecular formula is C20H19N3O4S. The summed E-state index contributed by atoms with van der Waals surface area (Å²) in [5.74, 6) is 3.29. The summed E-state index contributed by atoms with van der Waals surface area (Å²) in [5, 5.41) is 8.75. The summed E-state index contributed by atoms with van der Waals surface area (Å²) in [5.41, 5.74) is 2.49. The van der Waals surface area contributed by atoms with Crippen LogP contribution in [-0.2, 0) is 6.42 Å². The van der Waals surface area contributed by atoms with Gasteiger partial charge in [0.2, 0.25) is 5.89 Å². The Labute approximate surface area is 166 Å². The smallest absolute Gasteiger partial charge is 0.276 e. The summed E-state index contributed by atoms with van der Waals surface area (Å²) in [7, 11) is 3.19. The fraction of sp³-hybridized carbons (Fsp3) is 0.250. The third kappa shape index (κ3) is 3.96. The lowest BCUT2D eigenvalue weighted by Crippen LogP contribution is -1.90. The van der Waals surface area contributed by atoms with Gasteiger partial charge in [0.25, 0.3) is 5.22 Å². The Balaban J connectivity index is 1.33. The highest BCUT2D eigenvalue weighted by atomic mass is 32.2. The molecule has 0 amide bonds. The van der Waals surface area contributed by atoms with Gasteiger partial charge >= 0.3 is 0 Å². The number of thioether (sulfide) groups is 1. The van der Waals surface area contributed by atoms with E-state index in [2.05, 4.69) is 15.2 Å². The lowest BCUT2D eigenvalue weighted by molar-refractivity contribution is 0.355. The molecule has 0 unspecified atom stereocenters. The van der Waals surface area contributed by atoms with E-state index in [4.69, 9.17) is 18.3 Å². The summed E-state index contributed by atoms with van der Waals surface area (Å²) in [6.07, 6.45) is 1.66. The van der Waals surface area contributed by atoms with Crippen molar-refractivity contribution in [2.24, 2.45) is 0 Å². The van der Waals surface area contributed by atoms with E-state index in [9.17, 15) is 0 Å². The molecule has 0 aliphatic rings. The first-order valence-electron chi connectivity index (χ1n) is 8.80. The number of nitrogens with zero attached hydrogens (tertiary/aromatic N) is 3. The lowest BCUT2D eigenvalue weighted by Gasteiger charge is -2.07. The van der Waals surface area contributed by atoms with Crippen LogP contribution in [0.3, 0.4) is 0 Å². The van der Waals surface area contributed by atoms with Crippen molar-refractivity contribution in [3.05, 3.63) is 48.4 Å². The molecule has 0 fully saturated rings. The molecule has 144 valence electrons. The van der Waals surface area contributed by atoms with Gasteiger partial charge in [-0.25, -0.2) is 4.98 Å². The van der Waals surface area contributed by atoms with E-state index in [1.54, 1.807) is 14.2 Å². The second-order valence-electron chi connectivity index (χ2n) is 5.97. The average molecular weight is 397 g/mol. The summed E-state index contributed by atoms with van der Waals surface area (Å²) in [4.78, 5) is 4.48. The predicted molar refractivity (Wildman–Crippen MR) is 106 cm³/mol. The van der Waals surface area contributed by atoms with Gasteiger partial charge in [-0.2, -0.15) is 0 Å². The van der Waals surface area contributed by atoms with Crippen molar-refractivity contribution in [1.82, 2.24) is 15.2 Å². The number of hydrogen-bond acceptors (Lipinski definition) is 8. The fourth-order valence-corrected chi connectivity index (χ4v) is 3.46. The molecule has 7 nitrogen and oxygen atoms in total. The second-order valence-corrected chi connectivity index (χ2v) is 7.02. The molecule has 28 heavy (non-hydrogen) atoms. The molecule has 0 aliphatic carbocycles. The normalized spacial score (nSPS) is 11.1. The Kier molecular flexibility index (Phi) is 5.48. The van der Waals surface area contributed by atoms with Gasteiger partial charge in [0.05, 0.1) is 14.2 Å². The van der Waals surface area contributed by atoms with Gasteiger partial charge in [-0.05, 0) is 36.8 Å². The third-order valence-corrected chi connectivity index (χ3v) is 5.04. The number of benzene rings is 2. The molecule has 4 rings (SSSR count). The number of rotatable bonds is 8. The molecule has 0 atom stereocenters. The van der Waals surface area contributed by atoms with Gasteiger partial charge in [-0.1, -0.05) is 23.9 Å². The Morgan fingerprint density at radius 3 is 2.64 bits per heavy atom. The minimum atomic E-state index is 0.447. The Morgan fingerprint density at radius 2 is 1.82 bits per heavy atom. The average Bonchev–Trinajstić information content (AvgIpc) is 3.37. The number of para-hydroxylation sites is 2. The summed E-state index contributed by atoms with van der Waals surface area (Å²) in [6.45, 7) is 0. The molecule has 2 aromatic carbocycles. The van der Waals surface area contributed by atoms with Crippen LogP contribution in [0.5, 0.6) is 11.5 Å². The predicted octanol–water partition coefficient (Wildman–Crippen LogP) is 4.62. The Morgan fingerprint density at radius 1 is 0.964 bits per heavy atom. The number of ether oxygens (including phenoxy) is 2. The van der Waals surface area contributed by atoms with Crippen LogP contribution in [0, 0.1) is 0 Å². The number of fused-ring (bicyclic) bond motifs is 1. The van der Waals surface area contributed by atoms with Gasteiger partial charge in [0.15, 0.2) is 23.0 Å². The van der Waals surface area contributed by atoms with E-state index in [0.717, 1.165) is 41.1 Å². The number of hydrogen-bond donors (Lipinski definition) is 0. The molecule has 0 radical (unpaired) electrons. The van der Waals surface area contributed by atoms with Crippen LogP contribution in [0.2, 0.25) is 0 Å². The van der Waals surface area contributed by atoms with Gasteiger partial charge in [0.1, 0.15) is 5.52 Å². The van der Waals surface area contributed by atoms with Crippen LogP contribution in [-0.4, -0.2) is 35.2 Å². The zero-order valence-corrected chi connectivity index (χ0v) is 16.4. The van der Waals surface area contributed by atoms with E-state index in [-0.39, 0.29) is 0 Å². The van der Waals surface area contributed by atoms with Crippen LogP contribution in [0.1, 0.15) is 12.3 Å². The van der Waals surface area contributed by atoms with Crippen LogP contribution in [0.4, 0.5) is 0 Å². The highest BCUT2D eigenvalue weighted by Gasteiger charge is 2.13. The monoisotopic (exact) mass is 397 g/mol. The molecule has 0 N–H and O–H groups in total. The first-order valence-corrected chi connectivity index (χ1v) is 9.78. The minimum Gasteiger partial charge on any atom is -0.493 e. The van der Waals surface area contributed by atoms with Crippen molar-refractivity contribution in [3.63, 3.8) is 0 Å². The van der Waals surface area contributed by atoms with Gasteiger partial charge < -0.3 is 18.3 Å². The summed E-state index contributed by atoms with van der Waals surface area (Å²) >= 11 is 1.51. The molecule has 8 heteroatoms. The van der Waals surface area contributed by atoms with Crippen LogP contribution >= 0.6 is 11.8 Å². The van der Waals surface area contributed by atoms with Crippen molar-refractivity contribution in [1.29, 1.82) is 0 Å². The zero-order chi connectivity index (χ0) is 19.3. The molecular weight excluding hydrogens is 378 g/mol. The molecule has 0 saturated carbocycles. The topological polar surface area (TPSA) is 83.4 Å². The first-order chi connectivity index (χ1) is 13.8. The van der Waals surface area contributed by atoms with Crippen molar-refractivity contribution in [2.75, 3.05) is 20.0 Å². The van der Waals surface area contributed by atoms with Crippen molar-refractivity contribution in [3.8, 4) is 23.0 Å². The molecule has 2 aromatic heterocycles. The molecule has 4 aromatic rings. The Hall–Kier alpha value is -3.00. The summed E-state index contributed by atoms with van der Waals surface area (Å²) < 4.78 is 22.0. The van der Waals surface area contributed by atoms with Gasteiger partial charge in [-0.15, -0.1) is 10.2 Å².